The Labute approximate surface area is 360 Å². The maximum absolute atomic E-state index is 2.42. The van der Waals surface area contributed by atoms with Gasteiger partial charge in [-0.25, -0.2) is 0 Å². The first kappa shape index (κ1) is 35.7. The zero-order chi connectivity index (χ0) is 41.0. The van der Waals surface area contributed by atoms with Crippen LogP contribution in [-0.4, -0.2) is 9.13 Å². The first-order chi connectivity index (χ1) is 30.7. The molecule has 0 N–H and O–H groups in total. The molecule has 0 saturated carbocycles. The van der Waals surface area contributed by atoms with Crippen LogP contribution < -0.4 is 0 Å². The molecule has 0 saturated heterocycles. The van der Waals surface area contributed by atoms with E-state index in [2.05, 4.69) is 252 Å². The van der Waals surface area contributed by atoms with E-state index < -0.39 is 0 Å². The van der Waals surface area contributed by atoms with Gasteiger partial charge in [0, 0.05) is 32.9 Å². The first-order valence-electron chi connectivity index (χ1n) is 21.3. The van der Waals surface area contributed by atoms with Gasteiger partial charge in [0.1, 0.15) is 0 Å². The molecule has 2 heteroatoms. The summed E-state index contributed by atoms with van der Waals surface area (Å²) in [4.78, 5) is 0. The van der Waals surface area contributed by atoms with Crippen molar-refractivity contribution in [3.05, 3.63) is 243 Å². The van der Waals surface area contributed by atoms with Crippen LogP contribution >= 0.6 is 0 Å². The van der Waals surface area contributed by atoms with Crippen molar-refractivity contribution in [3.8, 4) is 67.0 Å². The molecule has 0 aliphatic heterocycles. The van der Waals surface area contributed by atoms with Crippen molar-refractivity contribution in [1.82, 2.24) is 9.13 Å². The summed E-state index contributed by atoms with van der Waals surface area (Å²) in [5.41, 5.74) is 19.2. The lowest BCUT2D eigenvalue weighted by molar-refractivity contribution is 1.18. The van der Waals surface area contributed by atoms with Gasteiger partial charge in [0.2, 0.25) is 0 Å². The van der Waals surface area contributed by atoms with Gasteiger partial charge in [-0.3, -0.25) is 0 Å². The highest BCUT2D eigenvalue weighted by Gasteiger charge is 2.17. The molecule has 0 unspecified atom stereocenters. The maximum atomic E-state index is 2.42. The largest absolute Gasteiger partial charge is 0.309 e. The van der Waals surface area contributed by atoms with Crippen LogP contribution in [0.25, 0.3) is 111 Å². The van der Waals surface area contributed by atoms with Crippen LogP contribution in [0.2, 0.25) is 0 Å². The van der Waals surface area contributed by atoms with E-state index in [-0.39, 0.29) is 0 Å². The van der Waals surface area contributed by atoms with Gasteiger partial charge in [-0.15, -0.1) is 0 Å². The van der Waals surface area contributed by atoms with E-state index in [0.29, 0.717) is 0 Å². The van der Waals surface area contributed by atoms with Crippen LogP contribution in [-0.2, 0) is 0 Å². The van der Waals surface area contributed by atoms with E-state index in [9.17, 15) is 0 Å². The normalized spacial score (nSPS) is 11.5. The van der Waals surface area contributed by atoms with Gasteiger partial charge in [0.05, 0.1) is 22.1 Å². The predicted molar refractivity (Wildman–Crippen MR) is 262 cm³/mol. The second-order valence-electron chi connectivity index (χ2n) is 16.1. The smallest absolute Gasteiger partial charge is 0.0541 e. The topological polar surface area (TPSA) is 9.86 Å². The lowest BCUT2D eigenvalue weighted by Gasteiger charge is -2.13. The van der Waals surface area contributed by atoms with E-state index in [1.54, 1.807) is 0 Å². The Balaban J connectivity index is 0.940. The number of nitrogens with zero attached hydrogens (tertiary/aromatic N) is 2. The molecule has 0 fully saturated rings. The Morgan fingerprint density at radius 1 is 0.194 bits per heavy atom. The fourth-order valence-corrected chi connectivity index (χ4v) is 9.59. The summed E-state index contributed by atoms with van der Waals surface area (Å²) in [7, 11) is 0. The number of fused-ring (bicyclic) bond motifs is 6. The van der Waals surface area contributed by atoms with E-state index in [4.69, 9.17) is 0 Å². The second kappa shape index (κ2) is 14.8. The Kier molecular flexibility index (Phi) is 8.53. The summed E-state index contributed by atoms with van der Waals surface area (Å²) >= 11 is 0. The van der Waals surface area contributed by atoms with Crippen molar-refractivity contribution in [3.63, 3.8) is 0 Å². The van der Waals surface area contributed by atoms with E-state index >= 15 is 0 Å². The minimum absolute atomic E-state index is 1.15. The molecule has 0 aliphatic carbocycles. The molecule has 290 valence electrons. The number of para-hydroxylation sites is 2. The molecule has 2 nitrogen and oxygen atoms in total. The number of hydrogen-bond acceptors (Lipinski definition) is 0. The number of rotatable bonds is 7. The molecule has 2 aromatic heterocycles. The number of benzene rings is 10. The van der Waals surface area contributed by atoms with Gasteiger partial charge in [-0.05, 0) is 116 Å². The average molecular weight is 789 g/mol. The van der Waals surface area contributed by atoms with E-state index in [1.807, 2.05) is 0 Å². The minimum Gasteiger partial charge on any atom is -0.309 e. The third-order valence-electron chi connectivity index (χ3n) is 12.5. The molecule has 62 heavy (non-hydrogen) atoms. The number of hydrogen-bond donors (Lipinski definition) is 0. The summed E-state index contributed by atoms with van der Waals surface area (Å²) in [5.74, 6) is 0. The van der Waals surface area contributed by atoms with Crippen LogP contribution in [0, 0.1) is 0 Å². The third-order valence-corrected chi connectivity index (χ3v) is 12.5. The van der Waals surface area contributed by atoms with Gasteiger partial charge in [-0.2, -0.15) is 0 Å². The Morgan fingerprint density at radius 2 is 0.548 bits per heavy atom. The molecule has 2 heterocycles. The predicted octanol–water partition coefficient (Wildman–Crippen LogP) is 16.2. The van der Waals surface area contributed by atoms with Gasteiger partial charge >= 0.3 is 0 Å². The highest BCUT2D eigenvalue weighted by Crippen LogP contribution is 2.40. The molecule has 0 aliphatic rings. The molecule has 0 spiro atoms. The highest BCUT2D eigenvalue weighted by molar-refractivity contribution is 6.13. The zero-order valence-corrected chi connectivity index (χ0v) is 34.0. The summed E-state index contributed by atoms with van der Waals surface area (Å²) in [6.45, 7) is 0. The van der Waals surface area contributed by atoms with Crippen LogP contribution in [0.15, 0.2) is 243 Å². The fourth-order valence-electron chi connectivity index (χ4n) is 9.59. The molecular weight excluding hydrogens is 749 g/mol. The lowest BCUT2D eigenvalue weighted by Crippen LogP contribution is -1.95. The van der Waals surface area contributed by atoms with Crippen LogP contribution in [0.3, 0.4) is 0 Å². The van der Waals surface area contributed by atoms with Crippen LogP contribution in [0.5, 0.6) is 0 Å². The van der Waals surface area contributed by atoms with Crippen molar-refractivity contribution < 1.29 is 0 Å². The highest BCUT2D eigenvalue weighted by atomic mass is 15.0. The van der Waals surface area contributed by atoms with Crippen LogP contribution in [0.4, 0.5) is 0 Å². The van der Waals surface area contributed by atoms with E-state index in [1.165, 1.54) is 99.2 Å². The Bertz CT molecular complexity index is 3610. The maximum Gasteiger partial charge on any atom is 0.0541 e. The Hall–Kier alpha value is -8.20. The minimum atomic E-state index is 1.15. The average Bonchev–Trinajstić information content (AvgIpc) is 3.87. The monoisotopic (exact) mass is 788 g/mol. The van der Waals surface area contributed by atoms with Crippen molar-refractivity contribution in [2.75, 3.05) is 0 Å². The molecular formula is C60H40N2. The number of aromatic nitrogens is 2. The van der Waals surface area contributed by atoms with Gasteiger partial charge < -0.3 is 9.13 Å². The summed E-state index contributed by atoms with van der Waals surface area (Å²) in [5, 5.41) is 4.97. The summed E-state index contributed by atoms with van der Waals surface area (Å²) in [6, 6.07) is 88.3. The summed E-state index contributed by atoms with van der Waals surface area (Å²) < 4.78 is 4.84. The van der Waals surface area contributed by atoms with Crippen LogP contribution in [0.1, 0.15) is 0 Å². The molecule has 0 atom stereocenters. The first-order valence-corrected chi connectivity index (χ1v) is 21.3. The molecule has 0 radical (unpaired) electrons. The SMILES string of the molecule is c1ccc(-c2ccc(-c3cccc(-n4c5ccccc5c5cc(-c6ccc7c(c6)c6ccccc6n7-c6cccc(-c7ccccc7-c7ccccc7)c6)ccc54)c3)cc2)cc1. The van der Waals surface area contributed by atoms with Crippen molar-refractivity contribution in [1.29, 1.82) is 0 Å². The fraction of sp³-hybridized carbons (Fsp3) is 0. The third kappa shape index (κ3) is 6.04. The van der Waals surface area contributed by atoms with Crippen molar-refractivity contribution in [2.24, 2.45) is 0 Å². The molecule has 12 rings (SSSR count). The molecule has 10 aromatic carbocycles. The van der Waals surface area contributed by atoms with Gasteiger partial charge in [0.25, 0.3) is 0 Å². The van der Waals surface area contributed by atoms with Gasteiger partial charge in [-0.1, -0.05) is 182 Å². The second-order valence-corrected chi connectivity index (χ2v) is 16.1. The standard InChI is InChI=1S/C60H40N2/c1-3-15-41(16-4-1)42-29-31-43(32-30-42)45-19-13-21-49(37-45)61-57-27-11-9-25-53(57)55-39-46(33-35-59(55)61)47-34-36-60-56(40-47)54-26-10-12-28-58(54)62(60)50-22-14-20-48(38-50)52-24-8-7-23-51(52)44-17-5-2-6-18-44/h1-40H. The van der Waals surface area contributed by atoms with Crippen molar-refractivity contribution >= 4 is 43.6 Å². The van der Waals surface area contributed by atoms with Crippen molar-refractivity contribution in [2.45, 2.75) is 0 Å². The lowest BCUT2D eigenvalue weighted by atomic mass is 9.94. The van der Waals surface area contributed by atoms with E-state index in [0.717, 1.165) is 11.4 Å². The quantitative estimate of drug-likeness (QED) is 0.152. The zero-order valence-electron chi connectivity index (χ0n) is 34.0. The molecule has 0 bridgehead atoms. The molecule has 0 amide bonds. The Morgan fingerprint density at radius 3 is 1.11 bits per heavy atom. The molecule has 12 aromatic rings. The summed E-state index contributed by atoms with van der Waals surface area (Å²) in [6.07, 6.45) is 0. The van der Waals surface area contributed by atoms with Gasteiger partial charge in [0.15, 0.2) is 0 Å².